The highest BCUT2D eigenvalue weighted by atomic mass is 19.2. The van der Waals surface area contributed by atoms with E-state index in [1.807, 2.05) is 6.92 Å². The van der Waals surface area contributed by atoms with Gasteiger partial charge in [0, 0.05) is 18.1 Å². The summed E-state index contributed by atoms with van der Waals surface area (Å²) in [5, 5.41) is 2.40. The van der Waals surface area contributed by atoms with E-state index in [2.05, 4.69) is 5.32 Å². The summed E-state index contributed by atoms with van der Waals surface area (Å²) >= 11 is 0. The lowest BCUT2D eigenvalue weighted by atomic mass is 9.71. The smallest absolute Gasteiger partial charge is 0.408 e. The van der Waals surface area contributed by atoms with Crippen molar-refractivity contribution in [1.29, 1.82) is 0 Å². The van der Waals surface area contributed by atoms with Crippen LogP contribution in [0.4, 0.5) is 18.0 Å². The lowest BCUT2D eigenvalue weighted by Gasteiger charge is -2.40. The van der Waals surface area contributed by atoms with Gasteiger partial charge in [0.15, 0.2) is 17.4 Å². The van der Waals surface area contributed by atoms with Crippen molar-refractivity contribution in [2.75, 3.05) is 0 Å². The first kappa shape index (κ1) is 19.3. The fourth-order valence-corrected chi connectivity index (χ4v) is 3.12. The number of carbonyl (C=O) groups excluding carboxylic acids is 2. The van der Waals surface area contributed by atoms with Gasteiger partial charge in [-0.2, -0.15) is 0 Å². The van der Waals surface area contributed by atoms with Gasteiger partial charge in [-0.15, -0.1) is 0 Å². The largest absolute Gasteiger partial charge is 0.444 e. The molecule has 0 bridgehead atoms. The van der Waals surface area contributed by atoms with Gasteiger partial charge < -0.3 is 10.1 Å². The molecule has 2 rings (SSSR count). The fraction of sp³-hybridized carbons (Fsp3) is 0.556. The quantitative estimate of drug-likeness (QED) is 0.807. The molecule has 0 spiro atoms. The molecule has 138 valence electrons. The predicted octanol–water partition coefficient (Wildman–Crippen LogP) is 4.21. The van der Waals surface area contributed by atoms with Crippen LogP contribution in [0.5, 0.6) is 0 Å². The molecular formula is C18H22F3NO3. The monoisotopic (exact) mass is 357 g/mol. The molecule has 0 aliphatic heterocycles. The molecular weight excluding hydrogens is 335 g/mol. The second-order valence-electron chi connectivity index (χ2n) is 7.55. The molecule has 4 nitrogen and oxygen atoms in total. The Labute approximate surface area is 144 Å². The Morgan fingerprint density at radius 3 is 2.52 bits per heavy atom. The molecule has 7 heteroatoms. The summed E-state index contributed by atoms with van der Waals surface area (Å²) < 4.78 is 47.0. The van der Waals surface area contributed by atoms with E-state index in [-0.39, 0.29) is 18.8 Å². The molecule has 0 radical (unpaired) electrons. The van der Waals surface area contributed by atoms with E-state index in [0.717, 1.165) is 6.07 Å². The van der Waals surface area contributed by atoms with Crippen LogP contribution in [0.15, 0.2) is 12.1 Å². The minimum atomic E-state index is -1.85. The van der Waals surface area contributed by atoms with Gasteiger partial charge in [-0.1, -0.05) is 6.92 Å². The maximum atomic E-state index is 14.4. The Kier molecular flexibility index (Phi) is 5.16. The molecule has 1 amide bonds. The van der Waals surface area contributed by atoms with Crippen LogP contribution >= 0.6 is 0 Å². The molecule has 1 aromatic carbocycles. The number of hydrogen-bond acceptors (Lipinski definition) is 3. The van der Waals surface area contributed by atoms with E-state index < -0.39 is 46.0 Å². The lowest BCUT2D eigenvalue weighted by molar-refractivity contribution is -0.129. The topological polar surface area (TPSA) is 55.4 Å². The fourth-order valence-electron chi connectivity index (χ4n) is 3.12. The number of alkyl carbamates (subject to hydrolysis) is 1. The van der Waals surface area contributed by atoms with Gasteiger partial charge in [-0.05, 0) is 45.6 Å². The van der Waals surface area contributed by atoms with E-state index in [4.69, 9.17) is 4.74 Å². The summed E-state index contributed by atoms with van der Waals surface area (Å²) in [5.41, 5.74) is -3.21. The highest BCUT2D eigenvalue weighted by molar-refractivity contribution is 5.93. The van der Waals surface area contributed by atoms with Gasteiger partial charge in [-0.25, -0.2) is 18.0 Å². The van der Waals surface area contributed by atoms with E-state index in [9.17, 15) is 22.8 Å². The Morgan fingerprint density at radius 1 is 1.28 bits per heavy atom. The van der Waals surface area contributed by atoms with E-state index >= 15 is 0 Å². The number of nitrogens with one attached hydrogen (secondary N) is 1. The molecule has 1 saturated carbocycles. The molecule has 0 heterocycles. The van der Waals surface area contributed by atoms with E-state index in [0.29, 0.717) is 12.5 Å². The maximum Gasteiger partial charge on any atom is 0.408 e. The standard InChI is InChI=1S/C18H22F3NO3/c1-10-5-6-14(23)18(9-10,22-16(24)25-17(2,3)4)12-7-11(19)8-13(20)15(12)21/h7-8,10H,5-6,9H2,1-4H3,(H,22,24). The third-order valence-corrected chi connectivity index (χ3v) is 4.16. The minimum Gasteiger partial charge on any atom is -0.444 e. The highest BCUT2D eigenvalue weighted by Crippen LogP contribution is 2.39. The van der Waals surface area contributed by atoms with Crippen molar-refractivity contribution in [3.8, 4) is 0 Å². The summed E-state index contributed by atoms with van der Waals surface area (Å²) in [6.07, 6.45) is -0.297. The average Bonchev–Trinajstić information content (AvgIpc) is 2.44. The Bertz CT molecular complexity index is 700. The van der Waals surface area contributed by atoms with Gasteiger partial charge in [0.05, 0.1) is 0 Å². The molecule has 25 heavy (non-hydrogen) atoms. The number of carbonyl (C=O) groups is 2. The van der Waals surface area contributed by atoms with Crippen molar-refractivity contribution in [1.82, 2.24) is 5.32 Å². The lowest BCUT2D eigenvalue weighted by Crippen LogP contribution is -2.56. The summed E-state index contributed by atoms with van der Waals surface area (Å²) in [6.45, 7) is 6.72. The predicted molar refractivity (Wildman–Crippen MR) is 85.4 cm³/mol. The number of hydrogen-bond donors (Lipinski definition) is 1. The van der Waals surface area contributed by atoms with Crippen molar-refractivity contribution < 1.29 is 27.5 Å². The number of ether oxygens (including phenoxy) is 1. The minimum absolute atomic E-state index is 0.0326. The molecule has 1 aromatic rings. The number of amides is 1. The van der Waals surface area contributed by atoms with E-state index in [1.54, 1.807) is 20.8 Å². The Morgan fingerprint density at radius 2 is 1.92 bits per heavy atom. The second-order valence-corrected chi connectivity index (χ2v) is 7.55. The SMILES string of the molecule is CC1CCC(=O)C(NC(=O)OC(C)(C)C)(c2cc(F)cc(F)c2F)C1. The number of rotatable bonds is 2. The van der Waals surface area contributed by atoms with Crippen molar-refractivity contribution in [3.05, 3.63) is 35.1 Å². The molecule has 2 unspecified atom stereocenters. The third kappa shape index (κ3) is 4.14. The van der Waals surface area contributed by atoms with Crippen LogP contribution in [0.1, 0.15) is 52.5 Å². The zero-order valence-electron chi connectivity index (χ0n) is 14.7. The van der Waals surface area contributed by atoms with Gasteiger partial charge in [0.25, 0.3) is 0 Å². The van der Waals surface area contributed by atoms with Crippen LogP contribution in [0.3, 0.4) is 0 Å². The van der Waals surface area contributed by atoms with Crippen LogP contribution in [-0.4, -0.2) is 17.5 Å². The van der Waals surface area contributed by atoms with Crippen molar-refractivity contribution in [2.45, 2.75) is 58.1 Å². The molecule has 0 saturated heterocycles. The number of benzene rings is 1. The number of ketones is 1. The Balaban J connectivity index is 2.54. The first-order valence-electron chi connectivity index (χ1n) is 8.14. The van der Waals surface area contributed by atoms with Crippen LogP contribution in [0.25, 0.3) is 0 Å². The van der Waals surface area contributed by atoms with E-state index in [1.165, 1.54) is 0 Å². The summed E-state index contributed by atoms with van der Waals surface area (Å²) in [5.74, 6) is -4.34. The Hall–Kier alpha value is -2.05. The first-order chi connectivity index (χ1) is 11.4. The van der Waals surface area contributed by atoms with Crippen LogP contribution in [-0.2, 0) is 15.1 Å². The summed E-state index contributed by atoms with van der Waals surface area (Å²) in [6, 6.07) is 1.16. The second kappa shape index (κ2) is 6.69. The van der Waals surface area contributed by atoms with Gasteiger partial charge >= 0.3 is 6.09 Å². The molecule has 1 aliphatic rings. The maximum absolute atomic E-state index is 14.4. The van der Waals surface area contributed by atoms with Gasteiger partial charge in [-0.3, -0.25) is 4.79 Å². The average molecular weight is 357 g/mol. The van der Waals surface area contributed by atoms with Crippen LogP contribution in [0.2, 0.25) is 0 Å². The van der Waals surface area contributed by atoms with Gasteiger partial charge in [0.2, 0.25) is 0 Å². The molecule has 1 fully saturated rings. The highest BCUT2D eigenvalue weighted by Gasteiger charge is 2.48. The normalized spacial score (nSPS) is 24.1. The zero-order chi connectivity index (χ0) is 19.0. The van der Waals surface area contributed by atoms with Crippen molar-refractivity contribution in [3.63, 3.8) is 0 Å². The van der Waals surface area contributed by atoms with Crippen LogP contribution in [0, 0.1) is 23.4 Å². The summed E-state index contributed by atoms with van der Waals surface area (Å²) in [4.78, 5) is 24.9. The number of halogens is 3. The molecule has 0 aromatic heterocycles. The molecule has 1 N–H and O–H groups in total. The molecule has 2 atom stereocenters. The van der Waals surface area contributed by atoms with Crippen LogP contribution < -0.4 is 5.32 Å². The van der Waals surface area contributed by atoms with Gasteiger partial charge in [0.1, 0.15) is 17.0 Å². The zero-order valence-corrected chi connectivity index (χ0v) is 14.7. The molecule has 1 aliphatic carbocycles. The van der Waals surface area contributed by atoms with Crippen molar-refractivity contribution >= 4 is 11.9 Å². The number of Topliss-reactive ketones (excluding diaryl/α,β-unsaturated/α-hetero) is 1. The van der Waals surface area contributed by atoms with Crippen molar-refractivity contribution in [2.24, 2.45) is 5.92 Å². The first-order valence-corrected chi connectivity index (χ1v) is 8.14. The summed E-state index contributed by atoms with van der Waals surface area (Å²) in [7, 11) is 0. The third-order valence-electron chi connectivity index (χ3n) is 4.16.